The van der Waals surface area contributed by atoms with Crippen LogP contribution in [0.5, 0.6) is 0 Å². The molecule has 0 aliphatic carbocycles. The molecule has 0 saturated heterocycles. The van der Waals surface area contributed by atoms with Crippen LogP contribution < -0.4 is 16.8 Å². The fourth-order valence-electron chi connectivity index (χ4n) is 0.974. The first kappa shape index (κ1) is 12.9. The van der Waals surface area contributed by atoms with Crippen LogP contribution in [0.3, 0.4) is 0 Å². The molecule has 2 unspecified atom stereocenters. The van der Waals surface area contributed by atoms with Gasteiger partial charge in [-0.2, -0.15) is 0 Å². The molecule has 0 aromatic carbocycles. The van der Waals surface area contributed by atoms with Gasteiger partial charge in [0.25, 0.3) is 0 Å². The topological polar surface area (TPSA) is 118 Å². The lowest BCUT2D eigenvalue weighted by atomic mass is 10.2. The second-order valence-corrected chi connectivity index (χ2v) is 3.15. The number of primary amides is 1. The second-order valence-electron chi connectivity index (χ2n) is 3.15. The number of carbonyl (C=O) groups is 2. The highest BCUT2D eigenvalue weighted by atomic mass is 16.3. The van der Waals surface area contributed by atoms with Crippen molar-refractivity contribution in [1.82, 2.24) is 5.32 Å². The Morgan fingerprint density at radius 2 is 2.07 bits per heavy atom. The highest BCUT2D eigenvalue weighted by Gasteiger charge is 2.17. The van der Waals surface area contributed by atoms with Crippen molar-refractivity contribution in [1.29, 1.82) is 0 Å². The third-order valence-corrected chi connectivity index (χ3v) is 1.61. The van der Waals surface area contributed by atoms with Crippen molar-refractivity contribution < 1.29 is 14.7 Å². The van der Waals surface area contributed by atoms with Crippen molar-refractivity contribution in [3.8, 4) is 0 Å². The van der Waals surface area contributed by atoms with Crippen molar-refractivity contribution in [2.45, 2.75) is 31.9 Å². The average molecular weight is 203 g/mol. The van der Waals surface area contributed by atoms with E-state index in [0.29, 0.717) is 6.42 Å². The molecule has 0 fully saturated rings. The van der Waals surface area contributed by atoms with E-state index in [4.69, 9.17) is 16.6 Å². The quantitative estimate of drug-likeness (QED) is 0.402. The number of hydrogen-bond donors (Lipinski definition) is 4. The first-order valence-corrected chi connectivity index (χ1v) is 4.44. The molecule has 2 amide bonds. The molecule has 0 aromatic rings. The van der Waals surface area contributed by atoms with Crippen LogP contribution in [0.15, 0.2) is 0 Å². The predicted octanol–water partition coefficient (Wildman–Crippen LogP) is -1.92. The summed E-state index contributed by atoms with van der Waals surface area (Å²) in [4.78, 5) is 21.9. The molecule has 0 saturated carbocycles. The van der Waals surface area contributed by atoms with Gasteiger partial charge in [0.2, 0.25) is 11.8 Å². The standard InChI is InChI=1S/C8H17N3O3/c1-5(12)4-7(13)11-6(2-3-9)8(10)14/h5-6,12H,2-4,9H2,1H3,(H2,10,14)(H,11,13). The number of carbonyl (C=O) groups excluding carboxylic acids is 2. The normalized spacial score (nSPS) is 14.5. The summed E-state index contributed by atoms with van der Waals surface area (Å²) < 4.78 is 0. The summed E-state index contributed by atoms with van der Waals surface area (Å²) in [6, 6.07) is -0.744. The van der Waals surface area contributed by atoms with Crippen LogP contribution in [0.25, 0.3) is 0 Å². The number of rotatable bonds is 6. The van der Waals surface area contributed by atoms with Gasteiger partial charge in [-0.25, -0.2) is 0 Å². The zero-order valence-electron chi connectivity index (χ0n) is 8.19. The largest absolute Gasteiger partial charge is 0.393 e. The van der Waals surface area contributed by atoms with Crippen LogP contribution in [0.4, 0.5) is 0 Å². The molecule has 0 aliphatic rings. The Hall–Kier alpha value is -1.14. The fourth-order valence-corrected chi connectivity index (χ4v) is 0.974. The van der Waals surface area contributed by atoms with Gasteiger partial charge < -0.3 is 21.9 Å². The zero-order valence-corrected chi connectivity index (χ0v) is 8.19. The summed E-state index contributed by atoms with van der Waals surface area (Å²) in [6.07, 6.45) is -0.476. The Labute approximate surface area is 82.6 Å². The molecule has 0 spiro atoms. The van der Waals surface area contributed by atoms with E-state index in [1.165, 1.54) is 6.92 Å². The van der Waals surface area contributed by atoms with Crippen LogP contribution in [0.2, 0.25) is 0 Å². The molecule has 82 valence electrons. The molecule has 0 aromatic heterocycles. The molecule has 0 bridgehead atoms. The van der Waals surface area contributed by atoms with Gasteiger partial charge in [-0.05, 0) is 19.9 Å². The van der Waals surface area contributed by atoms with Gasteiger partial charge in [0.15, 0.2) is 0 Å². The van der Waals surface area contributed by atoms with Gasteiger partial charge in [-0.1, -0.05) is 0 Å². The number of amides is 2. The number of aliphatic hydroxyl groups is 1. The lowest BCUT2D eigenvalue weighted by Crippen LogP contribution is -2.46. The monoisotopic (exact) mass is 203 g/mol. The van der Waals surface area contributed by atoms with E-state index in [9.17, 15) is 9.59 Å². The fraction of sp³-hybridized carbons (Fsp3) is 0.750. The Balaban J connectivity index is 4.02. The Morgan fingerprint density at radius 1 is 1.50 bits per heavy atom. The molecule has 6 heteroatoms. The summed E-state index contributed by atoms with van der Waals surface area (Å²) in [7, 11) is 0. The van der Waals surface area contributed by atoms with Gasteiger partial charge in [0.1, 0.15) is 6.04 Å². The van der Waals surface area contributed by atoms with Crippen LogP contribution >= 0.6 is 0 Å². The smallest absolute Gasteiger partial charge is 0.240 e. The second kappa shape index (κ2) is 6.33. The van der Waals surface area contributed by atoms with E-state index in [0.717, 1.165) is 0 Å². The van der Waals surface area contributed by atoms with Crippen LogP contribution in [0.1, 0.15) is 19.8 Å². The van der Waals surface area contributed by atoms with Crippen molar-refractivity contribution in [3.63, 3.8) is 0 Å². The van der Waals surface area contributed by atoms with Gasteiger partial charge in [0.05, 0.1) is 12.5 Å². The SMILES string of the molecule is CC(O)CC(=O)NC(CCN)C(N)=O. The molecule has 0 rings (SSSR count). The molecule has 6 N–H and O–H groups in total. The molecule has 6 nitrogen and oxygen atoms in total. The Bertz CT molecular complexity index is 206. The number of nitrogens with one attached hydrogen (secondary N) is 1. The Kier molecular flexibility index (Phi) is 5.82. The summed E-state index contributed by atoms with van der Waals surface area (Å²) in [6.45, 7) is 1.75. The first-order valence-electron chi connectivity index (χ1n) is 4.44. The van der Waals surface area contributed by atoms with Crippen LogP contribution in [-0.4, -0.2) is 35.6 Å². The number of aliphatic hydroxyl groups excluding tert-OH is 1. The molecule has 0 radical (unpaired) electrons. The summed E-state index contributed by atoms with van der Waals surface area (Å²) >= 11 is 0. The lowest BCUT2D eigenvalue weighted by Gasteiger charge is -2.14. The summed E-state index contributed by atoms with van der Waals surface area (Å²) in [5, 5.41) is 11.3. The van der Waals surface area contributed by atoms with Crippen LogP contribution in [-0.2, 0) is 9.59 Å². The highest BCUT2D eigenvalue weighted by molar-refractivity contribution is 5.86. The van der Waals surface area contributed by atoms with Crippen molar-refractivity contribution in [3.05, 3.63) is 0 Å². The molecule has 0 aliphatic heterocycles. The van der Waals surface area contributed by atoms with E-state index < -0.39 is 24.0 Å². The minimum atomic E-state index is -0.744. The third kappa shape index (κ3) is 5.50. The molecule has 2 atom stereocenters. The van der Waals surface area contributed by atoms with Crippen LogP contribution in [0, 0.1) is 0 Å². The van der Waals surface area contributed by atoms with E-state index in [1.807, 2.05) is 0 Å². The molecular weight excluding hydrogens is 186 g/mol. The van der Waals surface area contributed by atoms with E-state index >= 15 is 0 Å². The maximum Gasteiger partial charge on any atom is 0.240 e. The van der Waals surface area contributed by atoms with Gasteiger partial charge in [-0.15, -0.1) is 0 Å². The average Bonchev–Trinajstić information content (AvgIpc) is 2.01. The van der Waals surface area contributed by atoms with E-state index in [2.05, 4.69) is 5.32 Å². The Morgan fingerprint density at radius 3 is 2.43 bits per heavy atom. The maximum absolute atomic E-state index is 11.1. The lowest BCUT2D eigenvalue weighted by molar-refractivity contribution is -0.128. The highest BCUT2D eigenvalue weighted by Crippen LogP contribution is 1.93. The maximum atomic E-state index is 11.1. The minimum Gasteiger partial charge on any atom is -0.393 e. The minimum absolute atomic E-state index is 0.0473. The van der Waals surface area contributed by atoms with E-state index in [-0.39, 0.29) is 13.0 Å². The number of nitrogens with two attached hydrogens (primary N) is 2. The number of hydrogen-bond acceptors (Lipinski definition) is 4. The van der Waals surface area contributed by atoms with E-state index in [1.54, 1.807) is 0 Å². The third-order valence-electron chi connectivity index (χ3n) is 1.61. The van der Waals surface area contributed by atoms with Gasteiger partial charge in [0, 0.05) is 0 Å². The molecular formula is C8H17N3O3. The molecule has 0 heterocycles. The first-order chi connectivity index (χ1) is 6.47. The molecule has 14 heavy (non-hydrogen) atoms. The predicted molar refractivity (Wildman–Crippen MR) is 51.1 cm³/mol. The van der Waals surface area contributed by atoms with Gasteiger partial charge >= 0.3 is 0 Å². The van der Waals surface area contributed by atoms with Crippen molar-refractivity contribution in [2.24, 2.45) is 11.5 Å². The van der Waals surface area contributed by atoms with Gasteiger partial charge in [-0.3, -0.25) is 9.59 Å². The summed E-state index contributed by atoms with van der Waals surface area (Å²) in [5.41, 5.74) is 10.3. The zero-order chi connectivity index (χ0) is 11.1. The van der Waals surface area contributed by atoms with Crippen molar-refractivity contribution >= 4 is 11.8 Å². The summed E-state index contributed by atoms with van der Waals surface area (Å²) in [5.74, 6) is -1.02. The van der Waals surface area contributed by atoms with Crippen molar-refractivity contribution in [2.75, 3.05) is 6.54 Å².